The van der Waals surface area contributed by atoms with Crippen molar-refractivity contribution in [3.05, 3.63) is 29.8 Å². The zero-order valence-electron chi connectivity index (χ0n) is 11.5. The quantitative estimate of drug-likeness (QED) is 0.929. The number of ether oxygens (including phenoxy) is 1. The summed E-state index contributed by atoms with van der Waals surface area (Å²) in [6, 6.07) is 4.60. The SMILES string of the molecule is COc1ccc(F)c(-c2n[nH]c(C3CCCCC3)n2)c1. The van der Waals surface area contributed by atoms with Gasteiger partial charge in [0.1, 0.15) is 17.4 Å². The minimum Gasteiger partial charge on any atom is -0.497 e. The largest absolute Gasteiger partial charge is 0.497 e. The van der Waals surface area contributed by atoms with E-state index < -0.39 is 0 Å². The van der Waals surface area contributed by atoms with Gasteiger partial charge in [0, 0.05) is 5.92 Å². The number of rotatable bonds is 3. The van der Waals surface area contributed by atoms with Gasteiger partial charge in [0.15, 0.2) is 5.82 Å². The highest BCUT2D eigenvalue weighted by Crippen LogP contribution is 2.32. The van der Waals surface area contributed by atoms with Gasteiger partial charge in [0.2, 0.25) is 0 Å². The van der Waals surface area contributed by atoms with Crippen molar-refractivity contribution in [2.75, 3.05) is 7.11 Å². The second kappa shape index (κ2) is 5.61. The lowest BCUT2D eigenvalue weighted by Crippen LogP contribution is -2.06. The summed E-state index contributed by atoms with van der Waals surface area (Å²) in [5.74, 6) is 1.98. The van der Waals surface area contributed by atoms with Crippen LogP contribution < -0.4 is 4.74 Å². The first-order chi connectivity index (χ1) is 9.78. The molecule has 1 aromatic heterocycles. The van der Waals surface area contributed by atoms with Crippen molar-refractivity contribution in [1.82, 2.24) is 15.2 Å². The lowest BCUT2D eigenvalue weighted by Gasteiger charge is -2.18. The maximum atomic E-state index is 13.9. The lowest BCUT2D eigenvalue weighted by molar-refractivity contribution is 0.414. The molecule has 1 heterocycles. The molecule has 0 saturated heterocycles. The molecule has 1 aromatic carbocycles. The van der Waals surface area contributed by atoms with Crippen LogP contribution in [0.4, 0.5) is 4.39 Å². The fourth-order valence-electron chi connectivity index (χ4n) is 2.76. The summed E-state index contributed by atoms with van der Waals surface area (Å²) in [5.41, 5.74) is 0.377. The maximum Gasteiger partial charge on any atom is 0.184 e. The molecule has 0 radical (unpaired) electrons. The molecule has 2 aromatic rings. The smallest absolute Gasteiger partial charge is 0.184 e. The second-order valence-corrected chi connectivity index (χ2v) is 5.22. The van der Waals surface area contributed by atoms with Crippen molar-refractivity contribution in [2.45, 2.75) is 38.0 Å². The van der Waals surface area contributed by atoms with E-state index >= 15 is 0 Å². The molecule has 1 aliphatic rings. The molecule has 4 nitrogen and oxygen atoms in total. The number of aromatic amines is 1. The third-order valence-electron chi connectivity index (χ3n) is 3.91. The zero-order valence-corrected chi connectivity index (χ0v) is 11.5. The van der Waals surface area contributed by atoms with E-state index in [2.05, 4.69) is 15.2 Å². The zero-order chi connectivity index (χ0) is 13.9. The van der Waals surface area contributed by atoms with Gasteiger partial charge in [-0.25, -0.2) is 9.37 Å². The summed E-state index contributed by atoms with van der Waals surface area (Å²) in [6.45, 7) is 0. The molecular weight excluding hydrogens is 257 g/mol. The molecule has 0 aliphatic heterocycles. The Morgan fingerprint density at radius 3 is 2.80 bits per heavy atom. The van der Waals surface area contributed by atoms with Crippen molar-refractivity contribution in [2.24, 2.45) is 0 Å². The Balaban J connectivity index is 1.89. The number of methoxy groups -OCH3 is 1. The van der Waals surface area contributed by atoms with Crippen molar-refractivity contribution in [3.8, 4) is 17.1 Å². The van der Waals surface area contributed by atoms with Crippen LogP contribution in [0, 0.1) is 5.82 Å². The number of halogens is 1. The normalized spacial score (nSPS) is 16.3. The summed E-state index contributed by atoms with van der Waals surface area (Å²) < 4.78 is 19.0. The van der Waals surface area contributed by atoms with Gasteiger partial charge in [-0.05, 0) is 31.0 Å². The number of nitrogens with zero attached hydrogens (tertiary/aromatic N) is 2. The maximum absolute atomic E-state index is 13.9. The van der Waals surface area contributed by atoms with Crippen molar-refractivity contribution < 1.29 is 9.13 Å². The number of hydrogen-bond donors (Lipinski definition) is 1. The Hall–Kier alpha value is -1.91. The van der Waals surface area contributed by atoms with Crippen LogP contribution in [-0.4, -0.2) is 22.3 Å². The van der Waals surface area contributed by atoms with Crippen molar-refractivity contribution in [1.29, 1.82) is 0 Å². The molecule has 106 valence electrons. The van der Waals surface area contributed by atoms with E-state index in [4.69, 9.17) is 4.74 Å². The monoisotopic (exact) mass is 275 g/mol. The van der Waals surface area contributed by atoms with E-state index in [-0.39, 0.29) is 5.82 Å². The fraction of sp³-hybridized carbons (Fsp3) is 0.467. The van der Waals surface area contributed by atoms with Gasteiger partial charge in [0.05, 0.1) is 12.7 Å². The molecule has 3 rings (SSSR count). The number of benzene rings is 1. The minimum absolute atomic E-state index is 0.333. The minimum atomic E-state index is -0.333. The van der Waals surface area contributed by atoms with E-state index in [0.717, 1.165) is 18.7 Å². The molecule has 0 bridgehead atoms. The number of hydrogen-bond acceptors (Lipinski definition) is 3. The predicted octanol–water partition coefficient (Wildman–Crippen LogP) is 3.67. The highest BCUT2D eigenvalue weighted by atomic mass is 19.1. The summed E-state index contributed by atoms with van der Waals surface area (Å²) in [6.07, 6.45) is 6.02. The first kappa shape index (κ1) is 13.1. The lowest BCUT2D eigenvalue weighted by atomic mass is 9.89. The van der Waals surface area contributed by atoms with Crippen LogP contribution >= 0.6 is 0 Å². The van der Waals surface area contributed by atoms with E-state index in [0.29, 0.717) is 23.1 Å². The molecule has 0 unspecified atom stereocenters. The summed E-state index contributed by atoms with van der Waals surface area (Å²) in [7, 11) is 1.56. The molecule has 5 heteroatoms. The Labute approximate surface area is 117 Å². The molecular formula is C15H18FN3O. The predicted molar refractivity (Wildman–Crippen MR) is 74.2 cm³/mol. The van der Waals surface area contributed by atoms with Gasteiger partial charge >= 0.3 is 0 Å². The van der Waals surface area contributed by atoms with Crippen LogP contribution in [0.1, 0.15) is 43.8 Å². The summed E-state index contributed by atoms with van der Waals surface area (Å²) >= 11 is 0. The number of aromatic nitrogens is 3. The van der Waals surface area contributed by atoms with Crippen LogP contribution in [0.15, 0.2) is 18.2 Å². The van der Waals surface area contributed by atoms with Crippen LogP contribution in [0.5, 0.6) is 5.75 Å². The van der Waals surface area contributed by atoms with Crippen molar-refractivity contribution >= 4 is 0 Å². The Kier molecular flexibility index (Phi) is 3.67. The molecule has 1 aliphatic carbocycles. The van der Waals surface area contributed by atoms with Gasteiger partial charge in [-0.2, -0.15) is 5.10 Å². The molecule has 1 saturated carbocycles. The standard InChI is InChI=1S/C15H18FN3O/c1-20-11-7-8-13(16)12(9-11)15-17-14(18-19-15)10-5-3-2-4-6-10/h7-10H,2-6H2,1H3,(H,17,18,19). The topological polar surface area (TPSA) is 50.8 Å². The summed E-state index contributed by atoms with van der Waals surface area (Å²) in [5, 5.41) is 7.14. The van der Waals surface area contributed by atoms with E-state index in [1.165, 1.54) is 25.3 Å². The second-order valence-electron chi connectivity index (χ2n) is 5.22. The third-order valence-corrected chi connectivity index (χ3v) is 3.91. The van der Waals surface area contributed by atoms with Gasteiger partial charge in [-0.15, -0.1) is 0 Å². The van der Waals surface area contributed by atoms with E-state index in [9.17, 15) is 4.39 Å². The Bertz CT molecular complexity index is 591. The van der Waals surface area contributed by atoms with Gasteiger partial charge in [-0.1, -0.05) is 19.3 Å². The Morgan fingerprint density at radius 1 is 1.25 bits per heavy atom. The molecule has 20 heavy (non-hydrogen) atoms. The highest BCUT2D eigenvalue weighted by molar-refractivity contribution is 5.58. The number of nitrogens with one attached hydrogen (secondary N) is 1. The first-order valence-electron chi connectivity index (χ1n) is 7.04. The first-order valence-corrected chi connectivity index (χ1v) is 7.04. The summed E-state index contributed by atoms with van der Waals surface area (Å²) in [4.78, 5) is 4.48. The van der Waals surface area contributed by atoms with Crippen molar-refractivity contribution in [3.63, 3.8) is 0 Å². The van der Waals surface area contributed by atoms with E-state index in [1.54, 1.807) is 19.2 Å². The molecule has 1 fully saturated rings. The average molecular weight is 275 g/mol. The molecule has 0 spiro atoms. The molecule has 0 amide bonds. The average Bonchev–Trinajstić information content (AvgIpc) is 2.98. The molecule has 0 atom stereocenters. The van der Waals surface area contributed by atoms with Gasteiger partial charge < -0.3 is 4.74 Å². The van der Waals surface area contributed by atoms with Crippen LogP contribution in [0.2, 0.25) is 0 Å². The van der Waals surface area contributed by atoms with Crippen LogP contribution in [0.25, 0.3) is 11.4 Å². The van der Waals surface area contributed by atoms with Crippen LogP contribution in [-0.2, 0) is 0 Å². The fourth-order valence-corrected chi connectivity index (χ4v) is 2.76. The Morgan fingerprint density at radius 2 is 2.05 bits per heavy atom. The van der Waals surface area contributed by atoms with Gasteiger partial charge in [-0.3, -0.25) is 5.10 Å². The van der Waals surface area contributed by atoms with Crippen LogP contribution in [0.3, 0.4) is 0 Å². The number of H-pyrrole nitrogens is 1. The molecule has 1 N–H and O–H groups in total. The highest BCUT2D eigenvalue weighted by Gasteiger charge is 2.20. The van der Waals surface area contributed by atoms with Gasteiger partial charge in [0.25, 0.3) is 0 Å². The van der Waals surface area contributed by atoms with E-state index in [1.807, 2.05) is 0 Å². The third kappa shape index (κ3) is 2.53.